The van der Waals surface area contributed by atoms with Crippen LogP contribution in [0.25, 0.3) is 0 Å². The van der Waals surface area contributed by atoms with Gasteiger partial charge in [0.2, 0.25) is 0 Å². The molecule has 14 heavy (non-hydrogen) atoms. The summed E-state index contributed by atoms with van der Waals surface area (Å²) in [6.07, 6.45) is 6.77. The molecule has 1 rings (SSSR count). The molecular formula is C11H21NO2. The van der Waals surface area contributed by atoms with Gasteiger partial charge in [0.25, 0.3) is 0 Å². The molecule has 0 heterocycles. The van der Waals surface area contributed by atoms with Crippen LogP contribution in [0.4, 0.5) is 0 Å². The predicted octanol–water partition coefficient (Wildman–Crippen LogP) is 1.86. The topological polar surface area (TPSA) is 38.3 Å². The quantitative estimate of drug-likeness (QED) is 0.524. The largest absolute Gasteiger partial charge is 0.466 e. The van der Waals surface area contributed by atoms with Crippen molar-refractivity contribution < 1.29 is 9.53 Å². The number of hydrogen-bond acceptors (Lipinski definition) is 3. The number of hydrogen-bond donors (Lipinski definition) is 1. The molecule has 3 nitrogen and oxygen atoms in total. The number of carbonyl (C=O) groups excluding carboxylic acids is 1. The Hall–Kier alpha value is -0.570. The van der Waals surface area contributed by atoms with Gasteiger partial charge in [0.1, 0.15) is 0 Å². The van der Waals surface area contributed by atoms with E-state index in [-0.39, 0.29) is 5.97 Å². The summed E-state index contributed by atoms with van der Waals surface area (Å²) in [6, 6.07) is 0.706. The molecule has 0 aromatic carbocycles. The molecular weight excluding hydrogens is 178 g/mol. The molecule has 0 bridgehead atoms. The summed E-state index contributed by atoms with van der Waals surface area (Å²) in [4.78, 5) is 11.0. The fraction of sp³-hybridized carbons (Fsp3) is 0.909. The standard InChI is InChI=1S/C11H21NO2/c1-2-14-11(13)8-5-9-12-10-6-3-4-7-10/h10,12H,2-9H2,1H3. The van der Waals surface area contributed by atoms with Crippen LogP contribution in [0.15, 0.2) is 0 Å². The molecule has 0 saturated heterocycles. The molecule has 0 aromatic heterocycles. The second-order valence-corrected chi connectivity index (χ2v) is 3.84. The van der Waals surface area contributed by atoms with Crippen LogP contribution in [0.2, 0.25) is 0 Å². The van der Waals surface area contributed by atoms with E-state index >= 15 is 0 Å². The minimum Gasteiger partial charge on any atom is -0.466 e. The summed E-state index contributed by atoms with van der Waals surface area (Å²) in [5.41, 5.74) is 0. The number of rotatable bonds is 6. The molecule has 0 radical (unpaired) electrons. The van der Waals surface area contributed by atoms with Crippen molar-refractivity contribution in [3.05, 3.63) is 0 Å². The highest BCUT2D eigenvalue weighted by molar-refractivity contribution is 5.69. The number of carbonyl (C=O) groups is 1. The molecule has 0 spiro atoms. The molecule has 0 atom stereocenters. The molecule has 82 valence electrons. The Labute approximate surface area is 86.2 Å². The maximum atomic E-state index is 11.0. The first-order chi connectivity index (χ1) is 6.83. The van der Waals surface area contributed by atoms with E-state index in [4.69, 9.17) is 4.74 Å². The Morgan fingerprint density at radius 1 is 1.43 bits per heavy atom. The smallest absolute Gasteiger partial charge is 0.305 e. The fourth-order valence-electron chi connectivity index (χ4n) is 1.90. The lowest BCUT2D eigenvalue weighted by Crippen LogP contribution is -2.27. The summed E-state index contributed by atoms with van der Waals surface area (Å²) in [5.74, 6) is -0.0688. The second-order valence-electron chi connectivity index (χ2n) is 3.84. The highest BCUT2D eigenvalue weighted by Gasteiger charge is 2.13. The highest BCUT2D eigenvalue weighted by Crippen LogP contribution is 2.17. The third kappa shape index (κ3) is 4.61. The van der Waals surface area contributed by atoms with Crippen LogP contribution in [0.1, 0.15) is 45.4 Å². The molecule has 1 aliphatic rings. The van der Waals surface area contributed by atoms with Crippen molar-refractivity contribution in [3.63, 3.8) is 0 Å². The number of esters is 1. The van der Waals surface area contributed by atoms with Gasteiger partial charge in [-0.2, -0.15) is 0 Å². The van der Waals surface area contributed by atoms with E-state index in [0.29, 0.717) is 19.1 Å². The van der Waals surface area contributed by atoms with Gasteiger partial charge in [-0.15, -0.1) is 0 Å². The molecule has 1 N–H and O–H groups in total. The zero-order valence-corrected chi connectivity index (χ0v) is 9.05. The fourth-order valence-corrected chi connectivity index (χ4v) is 1.90. The molecule has 1 aliphatic carbocycles. The summed E-state index contributed by atoms with van der Waals surface area (Å²) in [7, 11) is 0. The van der Waals surface area contributed by atoms with Gasteiger partial charge in [-0.25, -0.2) is 0 Å². The van der Waals surface area contributed by atoms with Crippen molar-refractivity contribution in [3.8, 4) is 0 Å². The molecule has 1 fully saturated rings. The Morgan fingerprint density at radius 2 is 2.14 bits per heavy atom. The first-order valence-corrected chi connectivity index (χ1v) is 5.72. The van der Waals surface area contributed by atoms with Gasteiger partial charge in [0.05, 0.1) is 6.61 Å². The van der Waals surface area contributed by atoms with Crippen LogP contribution in [0.3, 0.4) is 0 Å². The Kier molecular flexibility index (Phi) is 5.60. The number of ether oxygens (including phenoxy) is 1. The van der Waals surface area contributed by atoms with Crippen molar-refractivity contribution in [1.82, 2.24) is 5.32 Å². The van der Waals surface area contributed by atoms with Gasteiger partial charge in [0, 0.05) is 12.5 Å². The maximum absolute atomic E-state index is 11.0. The van der Waals surface area contributed by atoms with Crippen LogP contribution in [0.5, 0.6) is 0 Å². The van der Waals surface area contributed by atoms with Crippen LogP contribution in [-0.2, 0) is 9.53 Å². The van der Waals surface area contributed by atoms with Gasteiger partial charge in [-0.3, -0.25) is 4.79 Å². The van der Waals surface area contributed by atoms with E-state index < -0.39 is 0 Å². The van der Waals surface area contributed by atoms with Crippen molar-refractivity contribution in [1.29, 1.82) is 0 Å². The average molecular weight is 199 g/mol. The minimum atomic E-state index is -0.0688. The monoisotopic (exact) mass is 199 g/mol. The summed E-state index contributed by atoms with van der Waals surface area (Å²) in [5, 5.41) is 3.47. The van der Waals surface area contributed by atoms with Crippen LogP contribution in [0, 0.1) is 0 Å². The van der Waals surface area contributed by atoms with Gasteiger partial charge in [0.15, 0.2) is 0 Å². The summed E-state index contributed by atoms with van der Waals surface area (Å²) >= 11 is 0. The third-order valence-corrected chi connectivity index (χ3v) is 2.65. The molecule has 0 aliphatic heterocycles. The van der Waals surface area contributed by atoms with Gasteiger partial charge in [-0.05, 0) is 32.7 Å². The number of nitrogens with one attached hydrogen (secondary N) is 1. The van der Waals surface area contributed by atoms with Crippen LogP contribution in [-0.4, -0.2) is 25.2 Å². The maximum Gasteiger partial charge on any atom is 0.305 e. The van der Waals surface area contributed by atoms with E-state index in [9.17, 15) is 4.79 Å². The van der Waals surface area contributed by atoms with Crippen molar-refractivity contribution in [2.75, 3.05) is 13.2 Å². The highest BCUT2D eigenvalue weighted by atomic mass is 16.5. The molecule has 1 saturated carbocycles. The first-order valence-electron chi connectivity index (χ1n) is 5.72. The van der Waals surface area contributed by atoms with Crippen molar-refractivity contribution >= 4 is 5.97 Å². The summed E-state index contributed by atoms with van der Waals surface area (Å²) in [6.45, 7) is 3.28. The van der Waals surface area contributed by atoms with Gasteiger partial charge < -0.3 is 10.1 Å². The lowest BCUT2D eigenvalue weighted by atomic mass is 10.2. The molecule has 0 aromatic rings. The summed E-state index contributed by atoms with van der Waals surface area (Å²) < 4.78 is 4.85. The zero-order chi connectivity index (χ0) is 10.2. The van der Waals surface area contributed by atoms with E-state index in [2.05, 4.69) is 5.32 Å². The van der Waals surface area contributed by atoms with Gasteiger partial charge in [-0.1, -0.05) is 12.8 Å². The van der Waals surface area contributed by atoms with E-state index in [1.54, 1.807) is 0 Å². The first kappa shape index (κ1) is 11.5. The Bertz CT molecular complexity index is 165. The zero-order valence-electron chi connectivity index (χ0n) is 9.05. The normalized spacial score (nSPS) is 17.2. The van der Waals surface area contributed by atoms with Crippen molar-refractivity contribution in [2.45, 2.75) is 51.5 Å². The van der Waals surface area contributed by atoms with E-state index in [1.165, 1.54) is 25.7 Å². The Balaban J connectivity index is 1.90. The van der Waals surface area contributed by atoms with Crippen LogP contribution >= 0.6 is 0 Å². The second kappa shape index (κ2) is 6.82. The van der Waals surface area contributed by atoms with E-state index in [1.807, 2.05) is 6.92 Å². The molecule has 3 heteroatoms. The molecule has 0 amide bonds. The van der Waals surface area contributed by atoms with Gasteiger partial charge >= 0.3 is 5.97 Å². The molecule has 0 unspecified atom stereocenters. The van der Waals surface area contributed by atoms with E-state index in [0.717, 1.165) is 13.0 Å². The lowest BCUT2D eigenvalue weighted by molar-refractivity contribution is -0.143. The van der Waals surface area contributed by atoms with Crippen LogP contribution < -0.4 is 5.32 Å². The SMILES string of the molecule is CCOC(=O)CCCNC1CCCC1. The minimum absolute atomic E-state index is 0.0688. The van der Waals surface area contributed by atoms with Crippen molar-refractivity contribution in [2.24, 2.45) is 0 Å². The third-order valence-electron chi connectivity index (χ3n) is 2.65. The average Bonchev–Trinajstić information content (AvgIpc) is 2.65. The lowest BCUT2D eigenvalue weighted by Gasteiger charge is -2.10. The Morgan fingerprint density at radius 3 is 2.79 bits per heavy atom. The predicted molar refractivity (Wildman–Crippen MR) is 56.1 cm³/mol.